The SMILES string of the molecule is COc1cccc([N+](=O)[O-])c1C#CCCN=[N+]=[N-]. The number of hydrogen-bond acceptors (Lipinski definition) is 4. The fourth-order valence-corrected chi connectivity index (χ4v) is 1.27. The second-order valence-corrected chi connectivity index (χ2v) is 3.12. The summed E-state index contributed by atoms with van der Waals surface area (Å²) in [5.41, 5.74) is 8.20. The lowest BCUT2D eigenvalue weighted by Crippen LogP contribution is -1.95. The summed E-state index contributed by atoms with van der Waals surface area (Å²) in [6.07, 6.45) is 0.333. The molecule has 0 spiro atoms. The summed E-state index contributed by atoms with van der Waals surface area (Å²) in [5, 5.41) is 14.2. The number of nitro groups is 1. The van der Waals surface area contributed by atoms with Crippen molar-refractivity contribution < 1.29 is 9.66 Å². The van der Waals surface area contributed by atoms with Gasteiger partial charge in [-0.15, -0.1) is 0 Å². The molecule has 0 heterocycles. The average molecular weight is 246 g/mol. The van der Waals surface area contributed by atoms with Gasteiger partial charge in [0.05, 0.1) is 12.0 Å². The molecular formula is C11H10N4O3. The van der Waals surface area contributed by atoms with E-state index in [4.69, 9.17) is 10.3 Å². The zero-order valence-electron chi connectivity index (χ0n) is 9.66. The molecule has 7 nitrogen and oxygen atoms in total. The van der Waals surface area contributed by atoms with E-state index < -0.39 is 4.92 Å². The minimum atomic E-state index is -0.514. The van der Waals surface area contributed by atoms with E-state index in [2.05, 4.69) is 21.9 Å². The molecule has 0 unspecified atom stereocenters. The summed E-state index contributed by atoms with van der Waals surface area (Å²) >= 11 is 0. The van der Waals surface area contributed by atoms with Crippen LogP contribution < -0.4 is 4.74 Å². The number of nitro benzene ring substituents is 1. The molecule has 92 valence electrons. The Morgan fingerprint density at radius 3 is 3.00 bits per heavy atom. The van der Waals surface area contributed by atoms with E-state index in [1.54, 1.807) is 6.07 Å². The molecule has 0 fully saturated rings. The summed E-state index contributed by atoms with van der Waals surface area (Å²) in [5.74, 6) is 5.73. The molecule has 1 aromatic rings. The molecule has 1 aromatic carbocycles. The third kappa shape index (κ3) is 3.40. The number of nitrogens with zero attached hydrogens (tertiary/aromatic N) is 4. The largest absolute Gasteiger partial charge is 0.495 e. The summed E-state index contributed by atoms with van der Waals surface area (Å²) in [7, 11) is 1.42. The predicted molar refractivity (Wildman–Crippen MR) is 65.2 cm³/mol. The quantitative estimate of drug-likeness (QED) is 0.155. The van der Waals surface area contributed by atoms with Crippen molar-refractivity contribution in [1.82, 2.24) is 0 Å². The van der Waals surface area contributed by atoms with Crippen LogP contribution in [0, 0.1) is 22.0 Å². The van der Waals surface area contributed by atoms with E-state index in [1.165, 1.54) is 19.2 Å². The van der Waals surface area contributed by atoms with Gasteiger partial charge in [-0.2, -0.15) is 0 Å². The van der Waals surface area contributed by atoms with Gasteiger partial charge in [-0.25, -0.2) is 0 Å². The third-order valence-corrected chi connectivity index (χ3v) is 2.03. The first-order valence-corrected chi connectivity index (χ1v) is 5.01. The maximum Gasteiger partial charge on any atom is 0.288 e. The standard InChI is InChI=1S/C11H10N4O3/c1-18-11-7-4-6-10(15(16)17)9(11)5-2-3-8-13-14-12/h4,6-7H,3,8H2,1H3. The maximum absolute atomic E-state index is 10.8. The topological polar surface area (TPSA) is 101 Å². The normalized spacial score (nSPS) is 8.72. The Hall–Kier alpha value is -2.71. The summed E-state index contributed by atoms with van der Waals surface area (Å²) < 4.78 is 5.03. The Balaban J connectivity index is 3.04. The maximum atomic E-state index is 10.8. The van der Waals surface area contributed by atoms with Crippen molar-refractivity contribution in [3.05, 3.63) is 44.3 Å². The Bertz CT molecular complexity index is 553. The highest BCUT2D eigenvalue weighted by molar-refractivity contribution is 5.58. The summed E-state index contributed by atoms with van der Waals surface area (Å²) in [4.78, 5) is 12.9. The first-order valence-electron chi connectivity index (χ1n) is 5.01. The fourth-order valence-electron chi connectivity index (χ4n) is 1.27. The van der Waals surface area contributed by atoms with Crippen LogP contribution in [0.3, 0.4) is 0 Å². The smallest absolute Gasteiger partial charge is 0.288 e. The molecule has 1 rings (SSSR count). The van der Waals surface area contributed by atoms with Gasteiger partial charge in [0.2, 0.25) is 0 Å². The van der Waals surface area contributed by atoms with E-state index in [1.807, 2.05) is 0 Å². The number of hydrogen-bond donors (Lipinski definition) is 0. The monoisotopic (exact) mass is 246 g/mol. The molecule has 0 radical (unpaired) electrons. The second kappa shape index (κ2) is 6.78. The minimum absolute atomic E-state index is 0.106. The molecule has 18 heavy (non-hydrogen) atoms. The van der Waals surface area contributed by atoms with Crippen molar-refractivity contribution in [2.45, 2.75) is 6.42 Å². The van der Waals surface area contributed by atoms with E-state index in [0.717, 1.165) is 0 Å². The predicted octanol–water partition coefficient (Wildman–Crippen LogP) is 2.66. The second-order valence-electron chi connectivity index (χ2n) is 3.12. The first-order chi connectivity index (χ1) is 8.70. The highest BCUT2D eigenvalue weighted by Gasteiger charge is 2.15. The number of benzene rings is 1. The van der Waals surface area contributed by atoms with Crippen LogP contribution in [0.1, 0.15) is 12.0 Å². The van der Waals surface area contributed by atoms with Gasteiger partial charge in [-0.3, -0.25) is 10.1 Å². The van der Waals surface area contributed by atoms with Crippen molar-refractivity contribution in [3.63, 3.8) is 0 Å². The van der Waals surface area contributed by atoms with Gasteiger partial charge < -0.3 is 4.74 Å². The van der Waals surface area contributed by atoms with Crippen LogP contribution in [0.15, 0.2) is 23.3 Å². The molecule has 0 bridgehead atoms. The van der Waals surface area contributed by atoms with Gasteiger partial charge in [0, 0.05) is 23.9 Å². The van der Waals surface area contributed by atoms with Crippen LogP contribution in [0.5, 0.6) is 5.75 Å². The van der Waals surface area contributed by atoms with Gasteiger partial charge in [0.1, 0.15) is 11.3 Å². The molecule has 0 N–H and O–H groups in total. The zero-order valence-corrected chi connectivity index (χ0v) is 9.66. The lowest BCUT2D eigenvalue weighted by Gasteiger charge is -2.02. The molecule has 0 amide bonds. The number of methoxy groups -OCH3 is 1. The van der Waals surface area contributed by atoms with Crippen molar-refractivity contribution in [2.75, 3.05) is 13.7 Å². The lowest BCUT2D eigenvalue weighted by atomic mass is 10.1. The van der Waals surface area contributed by atoms with Gasteiger partial charge in [-0.05, 0) is 11.6 Å². The Kier molecular flexibility index (Phi) is 5.03. The van der Waals surface area contributed by atoms with E-state index in [9.17, 15) is 10.1 Å². The number of rotatable bonds is 4. The van der Waals surface area contributed by atoms with Gasteiger partial charge in [0.15, 0.2) is 0 Å². The molecule has 0 aliphatic carbocycles. The first kappa shape index (κ1) is 13.4. The molecule has 0 aliphatic rings. The van der Waals surface area contributed by atoms with Crippen molar-refractivity contribution in [3.8, 4) is 17.6 Å². The minimum Gasteiger partial charge on any atom is -0.495 e. The molecule has 0 saturated carbocycles. The molecular weight excluding hydrogens is 236 g/mol. The van der Waals surface area contributed by atoms with Crippen molar-refractivity contribution in [1.29, 1.82) is 0 Å². The third-order valence-electron chi connectivity index (χ3n) is 2.03. The van der Waals surface area contributed by atoms with Gasteiger partial charge >= 0.3 is 0 Å². The number of ether oxygens (including phenoxy) is 1. The molecule has 7 heteroatoms. The van der Waals surface area contributed by atoms with Gasteiger partial charge in [-0.1, -0.05) is 23.0 Å². The van der Waals surface area contributed by atoms with E-state index >= 15 is 0 Å². The Morgan fingerprint density at radius 2 is 2.39 bits per heavy atom. The summed E-state index contributed by atoms with van der Waals surface area (Å²) in [6, 6.07) is 4.49. The number of azide groups is 1. The van der Waals surface area contributed by atoms with E-state index in [0.29, 0.717) is 12.2 Å². The Labute approximate surface area is 103 Å². The van der Waals surface area contributed by atoms with Crippen LogP contribution in [-0.4, -0.2) is 18.6 Å². The summed E-state index contributed by atoms with van der Waals surface area (Å²) in [6.45, 7) is 0.229. The fraction of sp³-hybridized carbons (Fsp3) is 0.273. The van der Waals surface area contributed by atoms with Crippen LogP contribution in [0.25, 0.3) is 10.4 Å². The van der Waals surface area contributed by atoms with Crippen molar-refractivity contribution >= 4 is 5.69 Å². The van der Waals surface area contributed by atoms with Crippen LogP contribution >= 0.6 is 0 Å². The van der Waals surface area contributed by atoms with Crippen LogP contribution in [-0.2, 0) is 0 Å². The van der Waals surface area contributed by atoms with E-state index in [-0.39, 0.29) is 17.8 Å². The molecule has 0 saturated heterocycles. The highest BCUT2D eigenvalue weighted by Crippen LogP contribution is 2.26. The van der Waals surface area contributed by atoms with Crippen LogP contribution in [0.2, 0.25) is 0 Å². The Morgan fingerprint density at radius 1 is 1.61 bits per heavy atom. The molecule has 0 aromatic heterocycles. The van der Waals surface area contributed by atoms with Gasteiger partial charge in [0.25, 0.3) is 5.69 Å². The zero-order chi connectivity index (χ0) is 13.4. The average Bonchev–Trinajstić information content (AvgIpc) is 2.38. The lowest BCUT2D eigenvalue weighted by molar-refractivity contribution is -0.385. The highest BCUT2D eigenvalue weighted by atomic mass is 16.6. The molecule has 0 atom stereocenters. The van der Waals surface area contributed by atoms with Crippen molar-refractivity contribution in [2.24, 2.45) is 5.11 Å². The van der Waals surface area contributed by atoms with Crippen LogP contribution in [0.4, 0.5) is 5.69 Å². The molecule has 0 aliphatic heterocycles.